The van der Waals surface area contributed by atoms with Gasteiger partial charge in [-0.3, -0.25) is 4.99 Å². The van der Waals surface area contributed by atoms with Crippen molar-refractivity contribution in [2.45, 2.75) is 12.6 Å². The number of anilines is 2. The molecule has 3 rings (SSSR count). The fraction of sp³-hybridized carbons (Fsp3) is 0.188. The molecule has 23 heavy (non-hydrogen) atoms. The van der Waals surface area contributed by atoms with Gasteiger partial charge in [-0.25, -0.2) is 9.97 Å². The smallest absolute Gasteiger partial charge is 0.324 e. The molecule has 0 amide bonds. The molecule has 2 aromatic rings. The Morgan fingerprint density at radius 1 is 1.09 bits per heavy atom. The van der Waals surface area contributed by atoms with E-state index >= 15 is 0 Å². The molecule has 118 valence electrons. The van der Waals surface area contributed by atoms with Gasteiger partial charge >= 0.3 is 6.18 Å². The summed E-state index contributed by atoms with van der Waals surface area (Å²) in [6.07, 6.45) is 2.79. The number of allylic oxidation sites excluding steroid dienone is 1. The summed E-state index contributed by atoms with van der Waals surface area (Å²) < 4.78 is 39.0. The molecule has 0 aliphatic carbocycles. The molecule has 1 aliphatic rings. The number of benzene rings is 1. The summed E-state index contributed by atoms with van der Waals surface area (Å²) in [6, 6.07) is 5.27. The molecule has 7 heteroatoms. The Morgan fingerprint density at radius 3 is 2.52 bits per heavy atom. The van der Waals surface area contributed by atoms with Gasteiger partial charge in [0.25, 0.3) is 0 Å². The van der Waals surface area contributed by atoms with Crippen LogP contribution < -0.4 is 5.32 Å². The Morgan fingerprint density at radius 2 is 1.87 bits per heavy atom. The summed E-state index contributed by atoms with van der Waals surface area (Å²) >= 11 is 0. The number of hydrogen-bond donors (Lipinski definition) is 1. The second kappa shape index (κ2) is 6.20. The van der Waals surface area contributed by atoms with E-state index < -0.39 is 11.7 Å². The van der Waals surface area contributed by atoms with Gasteiger partial charge in [-0.15, -0.1) is 0 Å². The molecule has 2 heterocycles. The van der Waals surface area contributed by atoms with Gasteiger partial charge in [0.1, 0.15) is 0 Å². The number of dihydropyridines is 1. The van der Waals surface area contributed by atoms with Crippen molar-refractivity contribution in [3.8, 4) is 0 Å². The van der Waals surface area contributed by atoms with Crippen LogP contribution in [0.3, 0.4) is 0 Å². The van der Waals surface area contributed by atoms with Crippen LogP contribution in [0.15, 0.2) is 47.7 Å². The van der Waals surface area contributed by atoms with Crippen molar-refractivity contribution in [2.24, 2.45) is 4.99 Å². The highest BCUT2D eigenvalue weighted by Crippen LogP contribution is 2.36. The highest BCUT2D eigenvalue weighted by Gasteiger charge is 2.31. The van der Waals surface area contributed by atoms with E-state index in [9.17, 15) is 13.2 Å². The Hall–Kier alpha value is -2.70. The summed E-state index contributed by atoms with van der Waals surface area (Å²) in [4.78, 5) is 12.1. The van der Waals surface area contributed by atoms with Crippen LogP contribution in [0, 0.1) is 0 Å². The second-order valence-corrected chi connectivity index (χ2v) is 4.95. The van der Waals surface area contributed by atoms with E-state index in [-0.39, 0.29) is 5.95 Å². The van der Waals surface area contributed by atoms with Crippen LogP contribution in [0.5, 0.6) is 0 Å². The molecule has 1 aromatic carbocycles. The van der Waals surface area contributed by atoms with Crippen molar-refractivity contribution < 1.29 is 13.2 Å². The zero-order valence-corrected chi connectivity index (χ0v) is 12.0. The van der Waals surface area contributed by atoms with Gasteiger partial charge in [0.2, 0.25) is 5.95 Å². The van der Waals surface area contributed by atoms with E-state index in [1.165, 1.54) is 18.5 Å². The molecule has 0 saturated heterocycles. The van der Waals surface area contributed by atoms with Gasteiger partial charge in [0, 0.05) is 36.4 Å². The molecule has 0 saturated carbocycles. The summed E-state index contributed by atoms with van der Waals surface area (Å²) in [7, 11) is 0. The Kier molecular flexibility index (Phi) is 4.10. The third-order valence-corrected chi connectivity index (χ3v) is 3.40. The second-order valence-electron chi connectivity index (χ2n) is 4.95. The van der Waals surface area contributed by atoms with Gasteiger partial charge in [-0.05, 0) is 36.3 Å². The third kappa shape index (κ3) is 3.56. The molecule has 0 spiro atoms. The summed E-state index contributed by atoms with van der Waals surface area (Å²) in [6.45, 7) is 0.619. The minimum absolute atomic E-state index is 0.248. The number of aromatic nitrogens is 2. The van der Waals surface area contributed by atoms with Crippen molar-refractivity contribution in [2.75, 3.05) is 11.9 Å². The molecular weight excluding hydrogens is 305 g/mol. The van der Waals surface area contributed by atoms with Crippen molar-refractivity contribution in [1.82, 2.24) is 9.97 Å². The zero-order chi connectivity index (χ0) is 16.3. The fourth-order valence-electron chi connectivity index (χ4n) is 2.30. The average Bonchev–Trinajstić information content (AvgIpc) is 2.56. The monoisotopic (exact) mass is 318 g/mol. The van der Waals surface area contributed by atoms with Gasteiger partial charge in [-0.2, -0.15) is 13.2 Å². The zero-order valence-electron chi connectivity index (χ0n) is 12.0. The number of nitrogens with zero attached hydrogens (tertiary/aromatic N) is 3. The minimum Gasteiger partial charge on any atom is -0.324 e. The van der Waals surface area contributed by atoms with Crippen LogP contribution in [-0.4, -0.2) is 22.7 Å². The van der Waals surface area contributed by atoms with Crippen molar-refractivity contribution in [1.29, 1.82) is 0 Å². The first-order valence-electron chi connectivity index (χ1n) is 6.99. The SMILES string of the molecule is FC(F)(F)c1ccc(C2=CC=NCC2)c(Nc2ncccn2)c1. The number of rotatable bonds is 3. The summed E-state index contributed by atoms with van der Waals surface area (Å²) in [5, 5.41) is 2.87. The van der Waals surface area contributed by atoms with Gasteiger partial charge in [0.05, 0.1) is 5.56 Å². The first-order chi connectivity index (χ1) is 11.0. The molecule has 4 nitrogen and oxygen atoms in total. The standard InChI is InChI=1S/C16H13F3N4/c17-16(18,19)12-2-3-13(11-4-8-20-9-5-11)14(10-12)23-15-21-6-1-7-22-15/h1-4,6-8,10H,5,9H2,(H,21,22,23). The lowest BCUT2D eigenvalue weighted by atomic mass is 9.97. The first kappa shape index (κ1) is 15.2. The van der Waals surface area contributed by atoms with E-state index in [4.69, 9.17) is 0 Å². The Bertz CT molecular complexity index is 752. The molecule has 0 atom stereocenters. The molecular formula is C16H13F3N4. The van der Waals surface area contributed by atoms with Crippen molar-refractivity contribution in [3.63, 3.8) is 0 Å². The molecule has 0 bridgehead atoms. The van der Waals surface area contributed by atoms with Gasteiger partial charge in [-0.1, -0.05) is 6.07 Å². The number of alkyl halides is 3. The molecule has 1 aromatic heterocycles. The van der Waals surface area contributed by atoms with Gasteiger partial charge < -0.3 is 5.32 Å². The Balaban J connectivity index is 2.04. The number of halogens is 3. The normalized spacial score (nSPS) is 14.5. The Labute approximate surface area is 130 Å². The van der Waals surface area contributed by atoms with E-state index in [0.29, 0.717) is 24.2 Å². The lowest BCUT2D eigenvalue weighted by molar-refractivity contribution is -0.137. The predicted octanol–water partition coefficient (Wildman–Crippen LogP) is 4.10. The number of nitrogens with one attached hydrogen (secondary N) is 1. The van der Waals surface area contributed by atoms with E-state index in [1.54, 1.807) is 12.3 Å². The predicted molar refractivity (Wildman–Crippen MR) is 82.7 cm³/mol. The van der Waals surface area contributed by atoms with Crippen LogP contribution in [-0.2, 0) is 6.18 Å². The van der Waals surface area contributed by atoms with E-state index in [1.807, 2.05) is 6.08 Å². The van der Waals surface area contributed by atoms with Gasteiger partial charge in [0.15, 0.2) is 0 Å². The fourth-order valence-corrected chi connectivity index (χ4v) is 2.30. The van der Waals surface area contributed by atoms with Crippen LogP contribution in [0.25, 0.3) is 5.57 Å². The largest absolute Gasteiger partial charge is 0.416 e. The number of aliphatic imine (C=N–C) groups is 1. The van der Waals surface area contributed by atoms with Crippen LogP contribution >= 0.6 is 0 Å². The molecule has 0 fully saturated rings. The first-order valence-corrected chi connectivity index (χ1v) is 6.99. The number of hydrogen-bond acceptors (Lipinski definition) is 4. The third-order valence-electron chi connectivity index (χ3n) is 3.40. The van der Waals surface area contributed by atoms with Crippen molar-refractivity contribution in [3.05, 3.63) is 53.9 Å². The maximum absolute atomic E-state index is 13.0. The lowest BCUT2D eigenvalue weighted by Gasteiger charge is -2.17. The topological polar surface area (TPSA) is 50.2 Å². The highest BCUT2D eigenvalue weighted by molar-refractivity contribution is 5.90. The maximum atomic E-state index is 13.0. The maximum Gasteiger partial charge on any atom is 0.416 e. The molecule has 0 unspecified atom stereocenters. The minimum atomic E-state index is -4.41. The van der Waals surface area contributed by atoms with E-state index in [0.717, 1.165) is 17.7 Å². The van der Waals surface area contributed by atoms with Crippen LogP contribution in [0.1, 0.15) is 17.5 Å². The lowest BCUT2D eigenvalue weighted by Crippen LogP contribution is -2.08. The molecule has 1 aliphatic heterocycles. The van der Waals surface area contributed by atoms with Crippen LogP contribution in [0.4, 0.5) is 24.8 Å². The summed E-state index contributed by atoms with van der Waals surface area (Å²) in [5.41, 5.74) is 1.22. The van der Waals surface area contributed by atoms with Crippen molar-refractivity contribution >= 4 is 23.4 Å². The molecule has 1 N–H and O–H groups in total. The highest BCUT2D eigenvalue weighted by atomic mass is 19.4. The van der Waals surface area contributed by atoms with Crippen LogP contribution in [0.2, 0.25) is 0 Å². The average molecular weight is 318 g/mol. The summed E-state index contributed by atoms with van der Waals surface area (Å²) in [5.74, 6) is 0.248. The quantitative estimate of drug-likeness (QED) is 0.927. The molecule has 0 radical (unpaired) electrons. The van der Waals surface area contributed by atoms with E-state index in [2.05, 4.69) is 20.3 Å².